The van der Waals surface area contributed by atoms with Gasteiger partial charge in [-0.15, -0.1) is 0 Å². The standard InChI is InChI=1S/C42H42N6O5/c1-25-20-39(49)46-37-22-27(17-18-28(25)37)45-40(50)36(16-8-9-19-43)47-41(51)38(21-26-23-44-35-15-7-6-10-29(26)35)48-42(52)53-24-34-32-13-4-2-11-30(32)31-12-3-5-14-33(31)34/h2-7,10-15,17-18,20,22-23,34,36,38,44H,8-9,16,19,21,24,43H2,1H3,(H,45,50)(H,46,49)(H,47,51)(H,48,52)/t36-,38-/m0/s1. The molecule has 2 heterocycles. The van der Waals surface area contributed by atoms with Crippen molar-refractivity contribution >= 4 is 45.4 Å². The molecule has 1 aliphatic carbocycles. The van der Waals surface area contributed by atoms with Crippen LogP contribution in [-0.2, 0) is 20.7 Å². The summed E-state index contributed by atoms with van der Waals surface area (Å²) in [6.07, 6.45) is 2.80. The molecule has 0 fully saturated rings. The van der Waals surface area contributed by atoms with Gasteiger partial charge in [0.2, 0.25) is 17.4 Å². The molecule has 11 nitrogen and oxygen atoms in total. The summed E-state index contributed by atoms with van der Waals surface area (Å²) in [7, 11) is 0. The van der Waals surface area contributed by atoms with Gasteiger partial charge in [-0.1, -0.05) is 72.8 Å². The zero-order valence-corrected chi connectivity index (χ0v) is 29.4. The Balaban J connectivity index is 1.10. The lowest BCUT2D eigenvalue weighted by Gasteiger charge is -2.24. The van der Waals surface area contributed by atoms with Crippen molar-refractivity contribution in [2.24, 2.45) is 5.73 Å². The molecule has 0 radical (unpaired) electrons. The third kappa shape index (κ3) is 7.70. The molecule has 7 N–H and O–H groups in total. The molecule has 0 unspecified atom stereocenters. The average Bonchev–Trinajstić information content (AvgIpc) is 3.71. The summed E-state index contributed by atoms with van der Waals surface area (Å²) in [4.78, 5) is 59.6. The molecule has 0 aliphatic heterocycles. The molecule has 3 amide bonds. The van der Waals surface area contributed by atoms with Crippen LogP contribution >= 0.6 is 0 Å². The smallest absolute Gasteiger partial charge is 0.407 e. The Morgan fingerprint density at radius 1 is 0.792 bits per heavy atom. The van der Waals surface area contributed by atoms with E-state index in [0.29, 0.717) is 37.0 Å². The van der Waals surface area contributed by atoms with Crippen molar-refractivity contribution in [3.8, 4) is 11.1 Å². The maximum atomic E-state index is 14.1. The monoisotopic (exact) mass is 710 g/mol. The topological polar surface area (TPSA) is 171 Å². The van der Waals surface area contributed by atoms with Gasteiger partial charge in [-0.05, 0) is 84.3 Å². The summed E-state index contributed by atoms with van der Waals surface area (Å²) in [5, 5.41) is 10.4. The Morgan fingerprint density at radius 2 is 1.51 bits per heavy atom. The quantitative estimate of drug-likeness (QED) is 0.0801. The van der Waals surface area contributed by atoms with Crippen molar-refractivity contribution < 1.29 is 19.1 Å². The van der Waals surface area contributed by atoms with Crippen LogP contribution in [0.15, 0.2) is 108 Å². The van der Waals surface area contributed by atoms with Gasteiger partial charge in [-0.3, -0.25) is 14.4 Å². The van der Waals surface area contributed by atoms with E-state index >= 15 is 0 Å². The Bertz CT molecular complexity index is 2320. The van der Waals surface area contributed by atoms with Crippen LogP contribution in [0.3, 0.4) is 0 Å². The Hall–Kier alpha value is -6.20. The SMILES string of the molecule is Cc1cc(=O)[nH]c2cc(NC(=O)[C@H](CCCCN)NC(=O)[C@H](Cc3c[nH]c4ccccc34)NC(=O)OCC3c4ccccc4-c4ccccc43)ccc12. The highest BCUT2D eigenvalue weighted by atomic mass is 16.5. The van der Waals surface area contributed by atoms with E-state index in [1.54, 1.807) is 12.1 Å². The number of fused-ring (bicyclic) bond motifs is 5. The number of anilines is 1. The number of benzene rings is 4. The van der Waals surface area contributed by atoms with Crippen LogP contribution in [0.2, 0.25) is 0 Å². The molecule has 7 rings (SSSR count). The number of aromatic nitrogens is 2. The molecular formula is C42H42N6O5. The van der Waals surface area contributed by atoms with E-state index in [1.807, 2.05) is 79.9 Å². The fourth-order valence-corrected chi connectivity index (χ4v) is 7.29. The molecule has 2 aromatic heterocycles. The van der Waals surface area contributed by atoms with E-state index in [9.17, 15) is 19.2 Å². The van der Waals surface area contributed by atoms with E-state index in [2.05, 4.69) is 38.1 Å². The molecule has 0 saturated heterocycles. The number of aromatic amines is 2. The van der Waals surface area contributed by atoms with Gasteiger partial charge in [0.1, 0.15) is 18.7 Å². The average molecular weight is 711 g/mol. The first kappa shape index (κ1) is 35.2. The fraction of sp³-hybridized carbons (Fsp3) is 0.238. The van der Waals surface area contributed by atoms with Crippen LogP contribution in [0, 0.1) is 6.92 Å². The molecule has 270 valence electrons. The van der Waals surface area contributed by atoms with E-state index in [-0.39, 0.29) is 24.5 Å². The maximum Gasteiger partial charge on any atom is 0.407 e. The number of rotatable bonds is 13. The highest BCUT2D eigenvalue weighted by Gasteiger charge is 2.31. The normalized spacial score (nSPS) is 13.2. The van der Waals surface area contributed by atoms with E-state index in [0.717, 1.165) is 49.7 Å². The lowest BCUT2D eigenvalue weighted by molar-refractivity contribution is -0.128. The number of H-pyrrole nitrogens is 2. The van der Waals surface area contributed by atoms with E-state index in [4.69, 9.17) is 10.5 Å². The van der Waals surface area contributed by atoms with Gasteiger partial charge >= 0.3 is 6.09 Å². The number of carbonyl (C=O) groups is 3. The van der Waals surface area contributed by atoms with Gasteiger partial charge in [0.05, 0.1) is 5.52 Å². The summed E-state index contributed by atoms with van der Waals surface area (Å²) >= 11 is 0. The van der Waals surface area contributed by atoms with Gasteiger partial charge < -0.3 is 36.4 Å². The minimum Gasteiger partial charge on any atom is -0.449 e. The number of hydrogen-bond acceptors (Lipinski definition) is 6. The van der Waals surface area contributed by atoms with Gasteiger partial charge in [-0.25, -0.2) is 4.79 Å². The molecule has 1 aliphatic rings. The number of amides is 3. The van der Waals surface area contributed by atoms with Crippen LogP contribution < -0.4 is 27.2 Å². The number of carbonyl (C=O) groups excluding carboxylic acids is 3. The number of ether oxygens (including phenoxy) is 1. The lowest BCUT2D eigenvalue weighted by atomic mass is 9.98. The zero-order chi connectivity index (χ0) is 36.9. The third-order valence-electron chi connectivity index (χ3n) is 9.95. The van der Waals surface area contributed by atoms with Crippen LogP contribution in [0.25, 0.3) is 32.9 Å². The number of pyridine rings is 1. The Labute approximate surface area is 306 Å². The number of unbranched alkanes of at least 4 members (excludes halogenated alkanes) is 1. The van der Waals surface area contributed by atoms with Gasteiger partial charge in [0.25, 0.3) is 0 Å². The van der Waals surface area contributed by atoms with Gasteiger partial charge in [0.15, 0.2) is 0 Å². The largest absolute Gasteiger partial charge is 0.449 e. The highest BCUT2D eigenvalue weighted by Crippen LogP contribution is 2.44. The second-order valence-electron chi connectivity index (χ2n) is 13.5. The van der Waals surface area contributed by atoms with Crippen molar-refractivity contribution in [3.05, 3.63) is 136 Å². The second-order valence-corrected chi connectivity index (χ2v) is 13.5. The van der Waals surface area contributed by atoms with Crippen LogP contribution in [-0.4, -0.2) is 53.1 Å². The van der Waals surface area contributed by atoms with Crippen LogP contribution in [0.5, 0.6) is 0 Å². The number of hydrogen-bond donors (Lipinski definition) is 6. The first-order chi connectivity index (χ1) is 25.8. The fourth-order valence-electron chi connectivity index (χ4n) is 7.29. The predicted octanol–water partition coefficient (Wildman–Crippen LogP) is 6.02. The molecule has 6 aromatic rings. The van der Waals surface area contributed by atoms with Crippen molar-refractivity contribution in [1.82, 2.24) is 20.6 Å². The number of aryl methyl sites for hydroxylation is 1. The number of nitrogens with two attached hydrogens (primary N) is 1. The first-order valence-corrected chi connectivity index (χ1v) is 17.9. The zero-order valence-electron chi connectivity index (χ0n) is 29.4. The molecule has 0 bridgehead atoms. The van der Waals surface area contributed by atoms with Gasteiger partial charge in [0, 0.05) is 46.6 Å². The van der Waals surface area contributed by atoms with E-state index in [1.165, 1.54) is 6.07 Å². The molecule has 0 saturated carbocycles. The number of para-hydroxylation sites is 1. The molecule has 0 spiro atoms. The van der Waals surface area contributed by atoms with Crippen molar-refractivity contribution in [2.75, 3.05) is 18.5 Å². The lowest BCUT2D eigenvalue weighted by Crippen LogP contribution is -2.53. The summed E-state index contributed by atoms with van der Waals surface area (Å²) in [5.74, 6) is -1.12. The summed E-state index contributed by atoms with van der Waals surface area (Å²) in [5.41, 5.74) is 13.5. The van der Waals surface area contributed by atoms with Gasteiger partial charge in [-0.2, -0.15) is 0 Å². The molecule has 4 aromatic carbocycles. The van der Waals surface area contributed by atoms with Crippen LogP contribution in [0.1, 0.15) is 47.4 Å². The third-order valence-corrected chi connectivity index (χ3v) is 9.95. The molecule has 2 atom stereocenters. The Morgan fingerprint density at radius 3 is 2.26 bits per heavy atom. The van der Waals surface area contributed by atoms with E-state index < -0.39 is 30.0 Å². The van der Waals surface area contributed by atoms with Crippen LogP contribution in [0.4, 0.5) is 10.5 Å². The minimum atomic E-state index is -1.07. The summed E-state index contributed by atoms with van der Waals surface area (Å²) < 4.78 is 5.83. The molecule has 53 heavy (non-hydrogen) atoms. The summed E-state index contributed by atoms with van der Waals surface area (Å²) in [6, 6.07) is 28.7. The summed E-state index contributed by atoms with van der Waals surface area (Å²) in [6.45, 7) is 2.37. The van der Waals surface area contributed by atoms with Crippen molar-refractivity contribution in [1.29, 1.82) is 0 Å². The highest BCUT2D eigenvalue weighted by molar-refractivity contribution is 6.00. The second kappa shape index (κ2) is 15.6. The first-order valence-electron chi connectivity index (χ1n) is 17.9. The maximum absolute atomic E-state index is 14.1. The molecular weight excluding hydrogens is 668 g/mol. The van der Waals surface area contributed by atoms with Crippen molar-refractivity contribution in [3.63, 3.8) is 0 Å². The number of alkyl carbamates (subject to hydrolysis) is 1. The number of nitrogens with one attached hydrogen (secondary N) is 5. The molecule has 11 heteroatoms. The predicted molar refractivity (Wildman–Crippen MR) is 207 cm³/mol. The Kier molecular flexibility index (Phi) is 10.4. The van der Waals surface area contributed by atoms with Crippen molar-refractivity contribution in [2.45, 2.75) is 50.6 Å². The minimum absolute atomic E-state index is 0.0853.